The third-order valence-corrected chi connectivity index (χ3v) is 4.15. The Kier molecular flexibility index (Phi) is 3.26. The normalized spacial score (nSPS) is 15.3. The van der Waals surface area contributed by atoms with E-state index in [1.54, 1.807) is 18.2 Å². The number of amides is 1. The Morgan fingerprint density at radius 3 is 2.84 bits per heavy atom. The summed E-state index contributed by atoms with van der Waals surface area (Å²) in [6.07, 6.45) is 0. The monoisotopic (exact) mass is 311 g/mol. The van der Waals surface area contributed by atoms with Gasteiger partial charge in [-0.25, -0.2) is 4.90 Å². The van der Waals surface area contributed by atoms with Crippen molar-refractivity contribution < 1.29 is 9.21 Å². The minimum Gasteiger partial charge on any atom is -0.403 e. The molecule has 1 saturated heterocycles. The number of benzene rings is 1. The molecule has 19 heavy (non-hydrogen) atoms. The molecule has 3 rings (SSSR count). The van der Waals surface area contributed by atoms with Gasteiger partial charge in [0.2, 0.25) is 5.91 Å². The third-order valence-electron chi connectivity index (χ3n) is 2.46. The molecule has 5 nitrogen and oxygen atoms in total. The van der Waals surface area contributed by atoms with Crippen LogP contribution >= 0.6 is 35.6 Å². The molecule has 8 heteroatoms. The second-order valence-electron chi connectivity index (χ2n) is 3.65. The third kappa shape index (κ3) is 2.24. The van der Waals surface area contributed by atoms with Gasteiger partial charge < -0.3 is 4.42 Å². The summed E-state index contributed by atoms with van der Waals surface area (Å²) in [6, 6.07) is 7.18. The second kappa shape index (κ2) is 4.92. The molecule has 0 atom stereocenters. The molecular weight excluding hydrogens is 306 g/mol. The summed E-state index contributed by atoms with van der Waals surface area (Å²) in [5, 5.41) is 8.24. The molecule has 1 aliphatic heterocycles. The van der Waals surface area contributed by atoms with Crippen molar-refractivity contribution >= 4 is 51.8 Å². The van der Waals surface area contributed by atoms with Gasteiger partial charge in [0.1, 0.15) is 0 Å². The van der Waals surface area contributed by atoms with E-state index in [0.29, 0.717) is 20.7 Å². The highest BCUT2D eigenvalue weighted by Gasteiger charge is 2.32. The molecule has 0 spiro atoms. The van der Waals surface area contributed by atoms with E-state index in [9.17, 15) is 4.79 Å². The lowest BCUT2D eigenvalue weighted by molar-refractivity contribution is -0.115. The minimum absolute atomic E-state index is 0.0786. The van der Waals surface area contributed by atoms with Crippen LogP contribution in [0.25, 0.3) is 11.5 Å². The van der Waals surface area contributed by atoms with Crippen molar-refractivity contribution in [1.82, 2.24) is 10.2 Å². The molecule has 0 aliphatic carbocycles. The van der Waals surface area contributed by atoms with Gasteiger partial charge in [0.05, 0.1) is 16.3 Å². The van der Waals surface area contributed by atoms with Crippen molar-refractivity contribution in [2.45, 2.75) is 0 Å². The van der Waals surface area contributed by atoms with Gasteiger partial charge in [-0.15, -0.1) is 5.10 Å². The van der Waals surface area contributed by atoms with Gasteiger partial charge in [0.15, 0.2) is 4.32 Å². The Bertz CT molecular complexity index is 657. The Hall–Kier alpha value is -1.44. The molecule has 2 heterocycles. The Labute approximate surface area is 122 Å². The van der Waals surface area contributed by atoms with E-state index in [-0.39, 0.29) is 17.8 Å². The average molecular weight is 312 g/mol. The summed E-state index contributed by atoms with van der Waals surface area (Å²) in [7, 11) is 0. The van der Waals surface area contributed by atoms with Crippen LogP contribution in [0.4, 0.5) is 6.01 Å². The van der Waals surface area contributed by atoms with Crippen molar-refractivity contribution in [3.63, 3.8) is 0 Å². The molecular formula is C11H6ClN3O2S2. The SMILES string of the molecule is O=C1CSC(=S)N1c1nnc(-c2ccccc2Cl)o1. The standard InChI is InChI=1S/C11H6ClN3O2S2/c12-7-4-2-1-3-6(7)9-13-14-10(17-9)15-8(16)5-19-11(15)18/h1-4H,5H2. The summed E-state index contributed by atoms with van der Waals surface area (Å²) < 4.78 is 5.89. The number of nitrogens with zero attached hydrogens (tertiary/aromatic N) is 3. The first-order valence-corrected chi connectivity index (χ1v) is 7.02. The van der Waals surface area contributed by atoms with Gasteiger partial charge >= 0.3 is 6.01 Å². The lowest BCUT2D eigenvalue weighted by atomic mass is 10.2. The van der Waals surface area contributed by atoms with Crippen LogP contribution in [-0.4, -0.2) is 26.2 Å². The maximum atomic E-state index is 11.7. The largest absolute Gasteiger partial charge is 0.403 e. The van der Waals surface area contributed by atoms with Gasteiger partial charge in [0.25, 0.3) is 5.89 Å². The van der Waals surface area contributed by atoms with Gasteiger partial charge in [-0.2, -0.15) is 0 Å². The first-order valence-electron chi connectivity index (χ1n) is 5.25. The van der Waals surface area contributed by atoms with Crippen LogP contribution in [-0.2, 0) is 4.79 Å². The van der Waals surface area contributed by atoms with Crippen molar-refractivity contribution in [3.05, 3.63) is 29.3 Å². The number of rotatable bonds is 2. The predicted octanol–water partition coefficient (Wildman–Crippen LogP) is 2.75. The summed E-state index contributed by atoms with van der Waals surface area (Å²) in [5.74, 6) is 0.389. The highest BCUT2D eigenvalue weighted by molar-refractivity contribution is 8.24. The topological polar surface area (TPSA) is 59.2 Å². The number of anilines is 1. The zero-order valence-electron chi connectivity index (χ0n) is 9.37. The number of carbonyl (C=O) groups is 1. The molecule has 0 radical (unpaired) electrons. The maximum absolute atomic E-state index is 11.7. The van der Waals surface area contributed by atoms with Crippen LogP contribution < -0.4 is 4.90 Å². The number of thiocarbonyl (C=S) groups is 1. The number of hydrogen-bond donors (Lipinski definition) is 0. The number of halogens is 1. The van der Waals surface area contributed by atoms with Crippen LogP contribution in [0, 0.1) is 0 Å². The van der Waals surface area contributed by atoms with Gasteiger partial charge in [-0.3, -0.25) is 4.79 Å². The summed E-state index contributed by atoms with van der Waals surface area (Å²) in [4.78, 5) is 12.9. The quantitative estimate of drug-likeness (QED) is 0.795. The second-order valence-corrected chi connectivity index (χ2v) is 5.67. The average Bonchev–Trinajstić information content (AvgIpc) is 2.97. The molecule has 0 N–H and O–H groups in total. The van der Waals surface area contributed by atoms with Crippen molar-refractivity contribution in [2.24, 2.45) is 0 Å². The maximum Gasteiger partial charge on any atom is 0.331 e. The Morgan fingerprint density at radius 2 is 2.16 bits per heavy atom. The van der Waals surface area contributed by atoms with E-state index in [1.807, 2.05) is 6.07 Å². The lowest BCUT2D eigenvalue weighted by Gasteiger charge is -2.07. The fourth-order valence-electron chi connectivity index (χ4n) is 1.59. The van der Waals surface area contributed by atoms with Crippen LogP contribution in [0.3, 0.4) is 0 Å². The summed E-state index contributed by atoms with van der Waals surface area (Å²) >= 11 is 12.4. The van der Waals surface area contributed by atoms with Crippen LogP contribution in [0.5, 0.6) is 0 Å². The zero-order valence-corrected chi connectivity index (χ0v) is 11.8. The number of thioether (sulfide) groups is 1. The fraction of sp³-hybridized carbons (Fsp3) is 0.0909. The molecule has 0 saturated carbocycles. The number of carbonyl (C=O) groups excluding carboxylic acids is 1. The molecule has 0 bridgehead atoms. The summed E-state index contributed by atoms with van der Waals surface area (Å²) in [6.45, 7) is 0. The van der Waals surface area contributed by atoms with E-state index in [1.165, 1.54) is 16.7 Å². The van der Waals surface area contributed by atoms with E-state index >= 15 is 0 Å². The molecule has 1 fully saturated rings. The van der Waals surface area contributed by atoms with Gasteiger partial charge in [0, 0.05) is 0 Å². The summed E-state index contributed by atoms with van der Waals surface area (Å²) in [5.41, 5.74) is 0.619. The molecule has 0 unspecified atom stereocenters. The van der Waals surface area contributed by atoms with E-state index in [2.05, 4.69) is 10.2 Å². The predicted molar refractivity (Wildman–Crippen MR) is 77.3 cm³/mol. The van der Waals surface area contributed by atoms with Crippen LogP contribution in [0.2, 0.25) is 5.02 Å². The number of aromatic nitrogens is 2. The van der Waals surface area contributed by atoms with Crippen LogP contribution in [0.15, 0.2) is 28.7 Å². The fourth-order valence-corrected chi connectivity index (χ4v) is 2.85. The highest BCUT2D eigenvalue weighted by atomic mass is 35.5. The molecule has 2 aromatic rings. The first kappa shape index (κ1) is 12.6. The minimum atomic E-state index is -0.163. The highest BCUT2D eigenvalue weighted by Crippen LogP contribution is 2.31. The molecule has 1 amide bonds. The van der Waals surface area contributed by atoms with Crippen molar-refractivity contribution in [2.75, 3.05) is 10.7 Å². The first-order chi connectivity index (χ1) is 9.16. The molecule has 1 aliphatic rings. The van der Waals surface area contributed by atoms with E-state index < -0.39 is 0 Å². The van der Waals surface area contributed by atoms with Crippen LogP contribution in [0.1, 0.15) is 0 Å². The van der Waals surface area contributed by atoms with Crippen molar-refractivity contribution in [1.29, 1.82) is 0 Å². The van der Waals surface area contributed by atoms with Crippen molar-refractivity contribution in [3.8, 4) is 11.5 Å². The Balaban J connectivity index is 1.98. The van der Waals surface area contributed by atoms with E-state index in [0.717, 1.165) is 0 Å². The molecule has 1 aromatic heterocycles. The van der Waals surface area contributed by atoms with E-state index in [4.69, 9.17) is 28.2 Å². The zero-order chi connectivity index (χ0) is 13.4. The smallest absolute Gasteiger partial charge is 0.331 e. The molecule has 96 valence electrons. The Morgan fingerprint density at radius 1 is 1.37 bits per heavy atom. The molecule has 1 aromatic carbocycles. The lowest BCUT2D eigenvalue weighted by Crippen LogP contribution is -2.28. The van der Waals surface area contributed by atoms with Gasteiger partial charge in [-0.1, -0.05) is 52.8 Å². The number of hydrogen-bond acceptors (Lipinski definition) is 6. The van der Waals surface area contributed by atoms with Gasteiger partial charge in [-0.05, 0) is 12.1 Å².